The molecule has 1 aromatic heterocycles. The third kappa shape index (κ3) is 4.81. The van der Waals surface area contributed by atoms with Gasteiger partial charge in [-0.25, -0.2) is 4.79 Å². The molecule has 1 atom stereocenters. The van der Waals surface area contributed by atoms with Crippen molar-refractivity contribution in [2.45, 2.75) is 46.3 Å². The van der Waals surface area contributed by atoms with Gasteiger partial charge in [-0.05, 0) is 33.3 Å². The number of anilines is 2. The minimum Gasteiger partial charge on any atom is -0.444 e. The molecule has 118 valence electrons. The maximum absolute atomic E-state index is 11.7. The third-order valence-electron chi connectivity index (χ3n) is 3.08. The van der Waals surface area contributed by atoms with Crippen LogP contribution in [0.5, 0.6) is 0 Å². The van der Waals surface area contributed by atoms with Gasteiger partial charge >= 0.3 is 6.09 Å². The zero-order chi connectivity index (χ0) is 14.8. The van der Waals surface area contributed by atoms with Gasteiger partial charge in [-0.2, -0.15) is 0 Å². The summed E-state index contributed by atoms with van der Waals surface area (Å²) in [6.07, 6.45) is 3.87. The Morgan fingerprint density at radius 2 is 2.24 bits per heavy atom. The average molecular weight is 294 g/mol. The van der Waals surface area contributed by atoms with E-state index in [0.717, 1.165) is 25.2 Å². The van der Waals surface area contributed by atoms with Crippen LogP contribution in [0.1, 0.15) is 34.6 Å². The number of hydrogen-bond donors (Lipinski definition) is 2. The molecule has 0 spiro atoms. The minimum atomic E-state index is -0.474. The molecule has 1 aliphatic rings. The van der Waals surface area contributed by atoms with Crippen LogP contribution in [-0.4, -0.2) is 35.8 Å². The van der Waals surface area contributed by atoms with E-state index in [9.17, 15) is 4.79 Å². The molecule has 0 unspecified atom stereocenters. The summed E-state index contributed by atoms with van der Waals surface area (Å²) >= 11 is 0. The lowest BCUT2D eigenvalue weighted by molar-refractivity contribution is 0.0509. The van der Waals surface area contributed by atoms with Crippen molar-refractivity contribution in [1.29, 1.82) is 0 Å². The molecule has 3 N–H and O–H groups in total. The first kappa shape index (κ1) is 17.1. The Bertz CT molecular complexity index is 485. The summed E-state index contributed by atoms with van der Waals surface area (Å²) in [4.78, 5) is 17.9. The second-order valence-electron chi connectivity index (χ2n) is 6.01. The molecule has 0 aromatic carbocycles. The number of hydrogen-bond acceptors (Lipinski definition) is 5. The highest BCUT2D eigenvalue weighted by molar-refractivity contribution is 5.69. The van der Waals surface area contributed by atoms with E-state index in [1.807, 2.05) is 26.8 Å². The van der Waals surface area contributed by atoms with Crippen LogP contribution in [0.3, 0.4) is 0 Å². The lowest BCUT2D eigenvalue weighted by Crippen LogP contribution is -2.40. The first-order valence-corrected chi connectivity index (χ1v) is 6.79. The van der Waals surface area contributed by atoms with Gasteiger partial charge in [0.15, 0.2) is 0 Å². The van der Waals surface area contributed by atoms with Gasteiger partial charge in [0.1, 0.15) is 5.60 Å². The van der Waals surface area contributed by atoms with Crippen LogP contribution in [0.15, 0.2) is 18.5 Å². The summed E-state index contributed by atoms with van der Waals surface area (Å²) < 4.78 is 5.26. The van der Waals surface area contributed by atoms with E-state index in [2.05, 4.69) is 15.2 Å². The largest absolute Gasteiger partial charge is 0.444 e. The van der Waals surface area contributed by atoms with Gasteiger partial charge in [0.05, 0.1) is 23.6 Å². The van der Waals surface area contributed by atoms with Crippen LogP contribution in [-0.2, 0) is 4.74 Å². The van der Waals surface area contributed by atoms with E-state index in [1.165, 1.54) is 0 Å². The van der Waals surface area contributed by atoms with Crippen LogP contribution in [0.2, 0.25) is 0 Å². The molecule has 2 rings (SSSR count). The Morgan fingerprint density at radius 3 is 2.86 bits per heavy atom. The lowest BCUT2D eigenvalue weighted by atomic mass is 10.2. The molecule has 0 radical (unpaired) electrons. The smallest absolute Gasteiger partial charge is 0.407 e. The summed E-state index contributed by atoms with van der Waals surface area (Å²) in [5, 5.41) is 2.90. The molecule has 6 heteroatoms. The van der Waals surface area contributed by atoms with Crippen molar-refractivity contribution in [2.75, 3.05) is 23.7 Å². The third-order valence-corrected chi connectivity index (χ3v) is 3.08. The van der Waals surface area contributed by atoms with E-state index in [-0.39, 0.29) is 19.6 Å². The van der Waals surface area contributed by atoms with Crippen molar-refractivity contribution < 1.29 is 9.53 Å². The van der Waals surface area contributed by atoms with Crippen molar-refractivity contribution in [3.63, 3.8) is 0 Å². The summed E-state index contributed by atoms with van der Waals surface area (Å²) in [6, 6.07) is 1.97. The summed E-state index contributed by atoms with van der Waals surface area (Å²) in [7, 11) is 0. The molecule has 21 heavy (non-hydrogen) atoms. The number of nitrogens with zero attached hydrogens (tertiary/aromatic N) is 2. The number of pyridine rings is 1. The number of ether oxygens (including phenoxy) is 1. The average Bonchev–Trinajstić information content (AvgIpc) is 2.75. The fraction of sp³-hybridized carbons (Fsp3) is 0.600. The predicted octanol–water partition coefficient (Wildman–Crippen LogP) is 2.40. The number of aromatic nitrogens is 1. The Kier molecular flexibility index (Phi) is 5.41. The lowest BCUT2D eigenvalue weighted by Gasteiger charge is -2.23. The molecule has 2 heterocycles. The quantitative estimate of drug-likeness (QED) is 0.875. The van der Waals surface area contributed by atoms with Crippen LogP contribution in [0, 0.1) is 0 Å². The van der Waals surface area contributed by atoms with Crippen molar-refractivity contribution in [1.82, 2.24) is 10.3 Å². The molecule has 1 fully saturated rings. The van der Waals surface area contributed by atoms with Crippen LogP contribution < -0.4 is 16.0 Å². The Labute approximate surface area is 126 Å². The number of carbonyl (C=O) groups is 1. The van der Waals surface area contributed by atoms with Gasteiger partial charge in [-0.1, -0.05) is 7.43 Å². The molecule has 1 saturated heterocycles. The summed E-state index contributed by atoms with van der Waals surface area (Å²) in [6.45, 7) is 7.14. The SMILES string of the molecule is C.CC(C)(C)OC(=O)N[C@@H]1CCN(c2ccncc2N)C1. The molecule has 1 amide bonds. The number of nitrogens with one attached hydrogen (secondary N) is 1. The number of nitrogens with two attached hydrogens (primary N) is 1. The standard InChI is InChI=1S/C14H22N4O2.CH4/c1-14(2,3)20-13(19)17-10-5-7-18(9-10)12-4-6-16-8-11(12)15;/h4,6,8,10H,5,7,9,15H2,1-3H3,(H,17,19);1H4/t10-;/m1./s1. The fourth-order valence-electron chi connectivity index (χ4n) is 2.26. The second kappa shape index (κ2) is 6.65. The number of rotatable bonds is 2. The number of amides is 1. The molecule has 0 bridgehead atoms. The zero-order valence-electron chi connectivity index (χ0n) is 12.2. The van der Waals surface area contributed by atoms with Gasteiger partial charge in [0, 0.05) is 19.3 Å². The molecule has 0 aliphatic carbocycles. The van der Waals surface area contributed by atoms with E-state index in [1.54, 1.807) is 12.4 Å². The molecule has 1 aliphatic heterocycles. The van der Waals surface area contributed by atoms with Crippen molar-refractivity contribution in [2.24, 2.45) is 0 Å². The Balaban J connectivity index is 0.00000220. The van der Waals surface area contributed by atoms with Gasteiger partial charge in [0.2, 0.25) is 0 Å². The van der Waals surface area contributed by atoms with Gasteiger partial charge < -0.3 is 20.7 Å². The van der Waals surface area contributed by atoms with E-state index in [0.29, 0.717) is 5.69 Å². The monoisotopic (exact) mass is 294 g/mol. The highest BCUT2D eigenvalue weighted by atomic mass is 16.6. The maximum atomic E-state index is 11.7. The van der Waals surface area contributed by atoms with Crippen molar-refractivity contribution >= 4 is 17.5 Å². The van der Waals surface area contributed by atoms with E-state index < -0.39 is 5.60 Å². The maximum Gasteiger partial charge on any atom is 0.407 e. The van der Waals surface area contributed by atoms with Crippen LogP contribution in [0.25, 0.3) is 0 Å². The van der Waals surface area contributed by atoms with Gasteiger partial charge in [0.25, 0.3) is 0 Å². The van der Waals surface area contributed by atoms with E-state index in [4.69, 9.17) is 10.5 Å². The zero-order valence-corrected chi connectivity index (χ0v) is 12.2. The molecular weight excluding hydrogens is 268 g/mol. The molecular formula is C15H26N4O2. The molecule has 0 saturated carbocycles. The Morgan fingerprint density at radius 1 is 1.52 bits per heavy atom. The summed E-state index contributed by atoms with van der Waals surface area (Å²) in [5.74, 6) is 0. The summed E-state index contributed by atoms with van der Waals surface area (Å²) in [5.41, 5.74) is 7.06. The van der Waals surface area contributed by atoms with Crippen LogP contribution >= 0.6 is 0 Å². The minimum absolute atomic E-state index is 0. The predicted molar refractivity (Wildman–Crippen MR) is 85.4 cm³/mol. The highest BCUT2D eigenvalue weighted by Crippen LogP contribution is 2.25. The van der Waals surface area contributed by atoms with Gasteiger partial charge in [-0.3, -0.25) is 4.98 Å². The topological polar surface area (TPSA) is 80.5 Å². The molecule has 6 nitrogen and oxygen atoms in total. The number of carbonyl (C=O) groups excluding carboxylic acids is 1. The fourth-order valence-corrected chi connectivity index (χ4v) is 2.26. The highest BCUT2D eigenvalue weighted by Gasteiger charge is 2.27. The first-order chi connectivity index (χ1) is 9.35. The Hall–Kier alpha value is -1.98. The van der Waals surface area contributed by atoms with Crippen molar-refractivity contribution in [3.8, 4) is 0 Å². The number of alkyl carbamates (subject to hydrolysis) is 1. The first-order valence-electron chi connectivity index (χ1n) is 6.79. The van der Waals surface area contributed by atoms with Gasteiger partial charge in [-0.15, -0.1) is 0 Å². The van der Waals surface area contributed by atoms with Crippen LogP contribution in [0.4, 0.5) is 16.2 Å². The number of nitrogen functional groups attached to an aromatic ring is 1. The van der Waals surface area contributed by atoms with E-state index >= 15 is 0 Å². The normalized spacial score (nSPS) is 18.0. The second-order valence-corrected chi connectivity index (χ2v) is 6.01. The molecule has 1 aromatic rings. The van der Waals surface area contributed by atoms with Crippen molar-refractivity contribution in [3.05, 3.63) is 18.5 Å².